The normalized spacial score (nSPS) is 31.7. The van der Waals surface area contributed by atoms with E-state index in [1.54, 1.807) is 0 Å². The van der Waals surface area contributed by atoms with E-state index in [0.717, 1.165) is 73.5 Å². The standard InChI is InChI=1S/2C17H30N2.Co.2Li/c2*1-16(2,3)18-10-14-12-7-8-13(9-12)15(14)11-19-17(4,5)6;;;/h2*7-8,12-15H,9-11H2,1-6H3;;;/q2*-2;+2;2*+1. The zero-order chi connectivity index (χ0) is 28.5. The predicted molar refractivity (Wildman–Crippen MR) is 167 cm³/mol. The van der Waals surface area contributed by atoms with Crippen molar-refractivity contribution in [2.24, 2.45) is 47.3 Å². The van der Waals surface area contributed by atoms with E-state index in [-0.39, 0.29) is 76.7 Å². The Morgan fingerprint density at radius 3 is 0.732 bits per heavy atom. The number of hydrogen-bond acceptors (Lipinski definition) is 0. The molecule has 0 amide bonds. The molecule has 0 saturated heterocycles. The van der Waals surface area contributed by atoms with Crippen LogP contribution >= 0.6 is 0 Å². The van der Waals surface area contributed by atoms with Crippen LogP contribution in [-0.4, -0.2) is 48.3 Å². The molecule has 0 aromatic heterocycles. The van der Waals surface area contributed by atoms with Crippen LogP contribution in [0.3, 0.4) is 0 Å². The molecule has 0 aromatic rings. The maximum atomic E-state index is 4.88. The van der Waals surface area contributed by atoms with Crippen molar-refractivity contribution in [1.29, 1.82) is 0 Å². The molecular weight excluding hydrogens is 537 g/mol. The van der Waals surface area contributed by atoms with Gasteiger partial charge in [-0.25, -0.2) is 0 Å². The van der Waals surface area contributed by atoms with Crippen molar-refractivity contribution in [2.45, 2.75) is 118 Å². The van der Waals surface area contributed by atoms with Gasteiger partial charge in [-0.1, -0.05) is 131 Å². The topological polar surface area (TPSA) is 56.4 Å². The van der Waals surface area contributed by atoms with E-state index < -0.39 is 0 Å². The summed E-state index contributed by atoms with van der Waals surface area (Å²) in [4.78, 5) is 0. The molecule has 0 aromatic carbocycles. The smallest absolute Gasteiger partial charge is 0.657 e. The quantitative estimate of drug-likeness (QED) is 0.304. The Morgan fingerprint density at radius 2 is 0.585 bits per heavy atom. The second-order valence-corrected chi connectivity index (χ2v) is 16.6. The first-order valence-electron chi connectivity index (χ1n) is 15.4. The van der Waals surface area contributed by atoms with Crippen molar-refractivity contribution in [2.75, 3.05) is 26.2 Å². The largest absolute Gasteiger partial charge is 2.00 e. The Labute approximate surface area is 290 Å². The maximum absolute atomic E-state index is 4.88. The first-order valence-corrected chi connectivity index (χ1v) is 15.4. The summed E-state index contributed by atoms with van der Waals surface area (Å²) in [6.07, 6.45) is 12.4. The van der Waals surface area contributed by atoms with Gasteiger partial charge in [-0.05, 0) is 36.5 Å². The maximum Gasteiger partial charge on any atom is 2.00 e. The fraction of sp³-hybridized carbons (Fsp3) is 0.882. The van der Waals surface area contributed by atoms with Crippen LogP contribution in [0.25, 0.3) is 21.3 Å². The van der Waals surface area contributed by atoms with Gasteiger partial charge in [0.2, 0.25) is 0 Å². The third-order valence-corrected chi connectivity index (χ3v) is 8.71. The second kappa shape index (κ2) is 16.5. The van der Waals surface area contributed by atoms with Gasteiger partial charge < -0.3 is 21.3 Å². The van der Waals surface area contributed by atoms with Gasteiger partial charge in [-0.15, -0.1) is 48.3 Å². The summed E-state index contributed by atoms with van der Waals surface area (Å²) in [5.41, 5.74) is 0.378. The Bertz CT molecular complexity index is 687. The molecule has 2 fully saturated rings. The molecule has 2 saturated carbocycles. The molecule has 0 spiro atoms. The summed E-state index contributed by atoms with van der Waals surface area (Å²) in [5, 5.41) is 19.5. The van der Waals surface area contributed by atoms with E-state index in [1.807, 2.05) is 0 Å². The molecule has 4 aliphatic carbocycles. The summed E-state index contributed by atoms with van der Waals surface area (Å²) in [6, 6.07) is 0. The average Bonchev–Trinajstić information content (AvgIpc) is 3.52. The summed E-state index contributed by atoms with van der Waals surface area (Å²) in [5.74, 6) is 5.93. The van der Waals surface area contributed by atoms with E-state index in [4.69, 9.17) is 21.3 Å². The van der Waals surface area contributed by atoms with Crippen molar-refractivity contribution >= 4 is 0 Å². The number of rotatable bonds is 8. The zero-order valence-corrected chi connectivity index (χ0v) is 30.3. The molecule has 41 heavy (non-hydrogen) atoms. The van der Waals surface area contributed by atoms with Crippen LogP contribution in [0.15, 0.2) is 24.3 Å². The monoisotopic (exact) mass is 597 g/mol. The summed E-state index contributed by atoms with van der Waals surface area (Å²) in [7, 11) is 0. The van der Waals surface area contributed by atoms with Crippen LogP contribution in [0, 0.1) is 47.3 Å². The summed E-state index contributed by atoms with van der Waals surface area (Å²) in [6.45, 7) is 30.4. The van der Waals surface area contributed by atoms with Crippen molar-refractivity contribution in [3.8, 4) is 0 Å². The van der Waals surface area contributed by atoms with Gasteiger partial charge in [0.1, 0.15) is 0 Å². The molecular formula is C34H60CoLi2N4. The van der Waals surface area contributed by atoms with Gasteiger partial charge in [0.15, 0.2) is 0 Å². The van der Waals surface area contributed by atoms with Gasteiger partial charge in [-0.2, -0.15) is 0 Å². The molecule has 8 atom stereocenters. The SMILES string of the molecule is CC(C)(C)[N-]CC1C2C=CC(C2)C1C[N-]C(C)(C)C.CC(C)(C)[N-]CC1C2C=CC(C2)C1C[N-]C(C)(C)C.[Co+2].[Li+].[Li+]. The summed E-state index contributed by atoms with van der Waals surface area (Å²) >= 11 is 0. The molecule has 4 nitrogen and oxygen atoms in total. The average molecular weight is 598 g/mol. The molecule has 4 rings (SSSR count). The van der Waals surface area contributed by atoms with E-state index in [2.05, 4.69) is 107 Å². The molecule has 1 radical (unpaired) electrons. The molecule has 8 unspecified atom stereocenters. The number of allylic oxidation sites excluding steroid dienone is 4. The first kappa shape index (κ1) is 42.0. The predicted octanol–water partition coefficient (Wildman–Crippen LogP) is 3.54. The molecule has 4 aliphatic rings. The van der Waals surface area contributed by atoms with Crippen LogP contribution in [0.1, 0.15) is 95.9 Å². The third-order valence-electron chi connectivity index (χ3n) is 8.71. The van der Waals surface area contributed by atoms with Crippen LogP contribution in [0.5, 0.6) is 0 Å². The van der Waals surface area contributed by atoms with Gasteiger partial charge >= 0.3 is 54.5 Å². The zero-order valence-electron chi connectivity index (χ0n) is 29.3. The van der Waals surface area contributed by atoms with Gasteiger partial charge in [-0.3, -0.25) is 0 Å². The van der Waals surface area contributed by atoms with E-state index in [9.17, 15) is 0 Å². The fourth-order valence-electron chi connectivity index (χ4n) is 6.65. The molecule has 0 heterocycles. The summed E-state index contributed by atoms with van der Waals surface area (Å²) < 4.78 is 0. The minimum atomic E-state index is 0. The minimum Gasteiger partial charge on any atom is -0.657 e. The van der Waals surface area contributed by atoms with E-state index in [1.165, 1.54) is 12.8 Å². The number of nitrogens with zero attached hydrogens (tertiary/aromatic N) is 4. The molecule has 0 aliphatic heterocycles. The van der Waals surface area contributed by atoms with Crippen molar-refractivity contribution in [1.82, 2.24) is 0 Å². The molecule has 227 valence electrons. The molecule has 4 bridgehead atoms. The Balaban J connectivity index is 0.000000727. The van der Waals surface area contributed by atoms with Gasteiger partial charge in [0, 0.05) is 0 Å². The van der Waals surface area contributed by atoms with Crippen LogP contribution in [0.2, 0.25) is 0 Å². The fourth-order valence-corrected chi connectivity index (χ4v) is 6.65. The van der Waals surface area contributed by atoms with Crippen LogP contribution < -0.4 is 37.7 Å². The van der Waals surface area contributed by atoms with Gasteiger partial charge in [0.05, 0.1) is 0 Å². The Kier molecular flexibility index (Phi) is 17.0. The Morgan fingerprint density at radius 1 is 0.415 bits per heavy atom. The van der Waals surface area contributed by atoms with Crippen molar-refractivity contribution < 1.29 is 54.5 Å². The molecule has 0 N–H and O–H groups in total. The van der Waals surface area contributed by atoms with Crippen LogP contribution in [-0.2, 0) is 16.8 Å². The molecule has 7 heteroatoms. The number of fused-ring (bicyclic) bond motifs is 4. The minimum absolute atomic E-state index is 0. The van der Waals surface area contributed by atoms with Gasteiger partial charge in [0.25, 0.3) is 0 Å². The number of hydrogen-bond donors (Lipinski definition) is 0. The van der Waals surface area contributed by atoms with E-state index >= 15 is 0 Å². The second-order valence-electron chi connectivity index (χ2n) is 16.6. The van der Waals surface area contributed by atoms with E-state index in [0.29, 0.717) is 0 Å². The van der Waals surface area contributed by atoms with Crippen molar-refractivity contribution in [3.63, 3.8) is 0 Å². The Hall–Kier alpha value is 1.02. The first-order chi connectivity index (χ1) is 17.3. The van der Waals surface area contributed by atoms with Crippen molar-refractivity contribution in [3.05, 3.63) is 45.6 Å². The third kappa shape index (κ3) is 13.9. The van der Waals surface area contributed by atoms with Crippen LogP contribution in [0.4, 0.5) is 0 Å².